The van der Waals surface area contributed by atoms with Crippen molar-refractivity contribution >= 4 is 29.0 Å². The number of hydrogen-bond acceptors (Lipinski definition) is 4. The zero-order chi connectivity index (χ0) is 15.8. The molecular formula is C17H11N3O3. The first kappa shape index (κ1) is 13.3. The number of nitrogens with zero attached hydrogens (tertiary/aromatic N) is 1. The fraction of sp³-hybridized carbons (Fsp3) is 0. The number of carbonyl (C=O) groups is 2. The highest BCUT2D eigenvalue weighted by Gasteiger charge is 2.26. The number of furan rings is 1. The lowest BCUT2D eigenvalue weighted by atomic mass is 10.0. The minimum atomic E-state index is -0.227. The van der Waals surface area contributed by atoms with Crippen LogP contribution in [0.15, 0.2) is 53.4 Å². The van der Waals surface area contributed by atoms with Gasteiger partial charge in [-0.2, -0.15) is 0 Å². The average molecular weight is 305 g/mol. The van der Waals surface area contributed by atoms with Crippen LogP contribution in [0.25, 0.3) is 11.6 Å². The van der Waals surface area contributed by atoms with Gasteiger partial charge in [0.1, 0.15) is 5.82 Å². The van der Waals surface area contributed by atoms with Gasteiger partial charge in [0.05, 0.1) is 11.8 Å². The fourth-order valence-electron chi connectivity index (χ4n) is 2.52. The van der Waals surface area contributed by atoms with E-state index in [0.717, 1.165) is 0 Å². The number of aromatic nitrogens is 2. The van der Waals surface area contributed by atoms with E-state index in [9.17, 15) is 9.59 Å². The Balaban J connectivity index is 1.78. The molecule has 3 aromatic rings. The molecule has 0 radical (unpaired) electrons. The van der Waals surface area contributed by atoms with E-state index in [-0.39, 0.29) is 17.5 Å². The van der Waals surface area contributed by atoms with Crippen LogP contribution >= 0.6 is 0 Å². The van der Waals surface area contributed by atoms with E-state index in [1.54, 1.807) is 48.8 Å². The summed E-state index contributed by atoms with van der Waals surface area (Å²) in [6, 6.07) is 8.34. The lowest BCUT2D eigenvalue weighted by Gasteiger charge is -2.02. The first-order valence-corrected chi connectivity index (χ1v) is 6.97. The van der Waals surface area contributed by atoms with Gasteiger partial charge in [0.25, 0.3) is 5.91 Å². The normalized spacial score (nSPS) is 14.8. The number of ketones is 1. The number of aromatic amines is 1. The van der Waals surface area contributed by atoms with Gasteiger partial charge < -0.3 is 14.7 Å². The summed E-state index contributed by atoms with van der Waals surface area (Å²) in [6.07, 6.45) is 6.39. The number of amides is 1. The molecule has 2 aromatic heterocycles. The number of benzene rings is 1. The van der Waals surface area contributed by atoms with Crippen molar-refractivity contribution < 1.29 is 14.0 Å². The SMILES string of the molecule is O=C1Nc2ccc(C(=O)c3ccco3)cc2/C1=C/c1ncc[nH]1. The topological polar surface area (TPSA) is 88.0 Å². The monoisotopic (exact) mass is 305 g/mol. The highest BCUT2D eigenvalue weighted by Crippen LogP contribution is 2.33. The molecule has 3 heterocycles. The summed E-state index contributed by atoms with van der Waals surface area (Å²) in [5.41, 5.74) is 2.26. The van der Waals surface area contributed by atoms with Gasteiger partial charge in [0.2, 0.25) is 5.78 Å². The second kappa shape index (κ2) is 5.10. The van der Waals surface area contributed by atoms with E-state index in [2.05, 4.69) is 15.3 Å². The summed E-state index contributed by atoms with van der Waals surface area (Å²) in [5, 5.41) is 2.78. The Labute approximate surface area is 130 Å². The third kappa shape index (κ3) is 2.26. The van der Waals surface area contributed by atoms with Gasteiger partial charge in [0, 0.05) is 29.2 Å². The molecule has 1 aliphatic rings. The molecule has 0 saturated carbocycles. The zero-order valence-electron chi connectivity index (χ0n) is 11.9. The van der Waals surface area contributed by atoms with Crippen LogP contribution in [0.1, 0.15) is 27.5 Å². The van der Waals surface area contributed by atoms with Crippen LogP contribution in [0.3, 0.4) is 0 Å². The van der Waals surface area contributed by atoms with Gasteiger partial charge in [-0.25, -0.2) is 4.98 Å². The van der Waals surface area contributed by atoms with Crippen molar-refractivity contribution in [3.05, 3.63) is 71.7 Å². The van der Waals surface area contributed by atoms with Crippen LogP contribution in [-0.2, 0) is 4.79 Å². The lowest BCUT2D eigenvalue weighted by Crippen LogP contribution is -2.03. The smallest absolute Gasteiger partial charge is 0.256 e. The summed E-state index contributed by atoms with van der Waals surface area (Å²) in [5.74, 6) is 0.387. The van der Waals surface area contributed by atoms with Crippen LogP contribution in [0, 0.1) is 0 Å². The standard InChI is InChI=1S/C17H11N3O3/c21-16(14-2-1-7-23-14)10-3-4-13-11(8-10)12(17(22)20-13)9-15-18-5-6-19-15/h1-9H,(H,18,19)(H,20,22)/b12-9-. The molecule has 23 heavy (non-hydrogen) atoms. The van der Waals surface area contributed by atoms with E-state index < -0.39 is 0 Å². The number of imidazole rings is 1. The minimum Gasteiger partial charge on any atom is -0.461 e. The number of rotatable bonds is 3. The molecule has 1 aromatic carbocycles. The highest BCUT2D eigenvalue weighted by atomic mass is 16.3. The van der Waals surface area contributed by atoms with Crippen molar-refractivity contribution in [2.45, 2.75) is 0 Å². The van der Waals surface area contributed by atoms with Gasteiger partial charge in [-0.1, -0.05) is 0 Å². The van der Waals surface area contributed by atoms with Gasteiger partial charge in [-0.05, 0) is 36.4 Å². The number of carbonyl (C=O) groups excluding carboxylic acids is 2. The minimum absolute atomic E-state index is 0.223. The van der Waals surface area contributed by atoms with Crippen molar-refractivity contribution in [1.29, 1.82) is 0 Å². The maximum absolute atomic E-state index is 12.4. The Morgan fingerprint density at radius 1 is 1.26 bits per heavy atom. The quantitative estimate of drug-likeness (QED) is 0.575. The molecule has 112 valence electrons. The first-order chi connectivity index (χ1) is 11.2. The van der Waals surface area contributed by atoms with E-state index in [1.807, 2.05) is 0 Å². The molecule has 6 nitrogen and oxygen atoms in total. The van der Waals surface area contributed by atoms with Gasteiger partial charge in [-0.3, -0.25) is 9.59 Å². The molecule has 0 saturated heterocycles. The van der Waals surface area contributed by atoms with Gasteiger partial charge in [0.15, 0.2) is 5.76 Å². The molecule has 0 spiro atoms. The van der Waals surface area contributed by atoms with Gasteiger partial charge >= 0.3 is 0 Å². The Kier molecular flexibility index (Phi) is 2.94. The Bertz CT molecular complexity index is 922. The molecule has 1 aliphatic heterocycles. The van der Waals surface area contributed by atoms with Crippen LogP contribution in [0.4, 0.5) is 5.69 Å². The van der Waals surface area contributed by atoms with Crippen LogP contribution in [0.5, 0.6) is 0 Å². The Morgan fingerprint density at radius 3 is 2.91 bits per heavy atom. The van der Waals surface area contributed by atoms with Crippen LogP contribution in [-0.4, -0.2) is 21.7 Å². The lowest BCUT2D eigenvalue weighted by molar-refractivity contribution is -0.110. The van der Waals surface area contributed by atoms with Gasteiger partial charge in [-0.15, -0.1) is 0 Å². The summed E-state index contributed by atoms with van der Waals surface area (Å²) < 4.78 is 5.14. The summed E-state index contributed by atoms with van der Waals surface area (Å²) in [6.45, 7) is 0. The van der Waals surface area contributed by atoms with Crippen molar-refractivity contribution in [2.24, 2.45) is 0 Å². The second-order valence-corrected chi connectivity index (χ2v) is 5.05. The fourth-order valence-corrected chi connectivity index (χ4v) is 2.52. The highest BCUT2D eigenvalue weighted by molar-refractivity contribution is 6.35. The molecule has 0 aliphatic carbocycles. The number of nitrogens with one attached hydrogen (secondary N) is 2. The second-order valence-electron chi connectivity index (χ2n) is 5.05. The van der Waals surface area contributed by atoms with E-state index in [1.165, 1.54) is 6.26 Å². The molecule has 6 heteroatoms. The number of anilines is 1. The number of fused-ring (bicyclic) bond motifs is 1. The van der Waals surface area contributed by atoms with Crippen molar-refractivity contribution in [3.8, 4) is 0 Å². The molecule has 0 bridgehead atoms. The average Bonchev–Trinajstić information content (AvgIpc) is 3.29. The maximum Gasteiger partial charge on any atom is 0.256 e. The summed E-state index contributed by atoms with van der Waals surface area (Å²) in [4.78, 5) is 31.5. The zero-order valence-corrected chi connectivity index (χ0v) is 11.9. The summed E-state index contributed by atoms with van der Waals surface area (Å²) >= 11 is 0. The Hall–Kier alpha value is -3.41. The predicted octanol–water partition coefficient (Wildman–Crippen LogP) is 2.73. The van der Waals surface area contributed by atoms with E-state index in [4.69, 9.17) is 4.42 Å². The van der Waals surface area contributed by atoms with Crippen molar-refractivity contribution in [3.63, 3.8) is 0 Å². The largest absolute Gasteiger partial charge is 0.461 e. The Morgan fingerprint density at radius 2 is 2.17 bits per heavy atom. The number of hydrogen-bond donors (Lipinski definition) is 2. The molecular weight excluding hydrogens is 294 g/mol. The maximum atomic E-state index is 12.4. The van der Waals surface area contributed by atoms with Crippen molar-refractivity contribution in [1.82, 2.24) is 9.97 Å². The summed E-state index contributed by atoms with van der Waals surface area (Å²) in [7, 11) is 0. The molecule has 2 N–H and O–H groups in total. The van der Waals surface area contributed by atoms with E-state index in [0.29, 0.717) is 28.2 Å². The van der Waals surface area contributed by atoms with Crippen molar-refractivity contribution in [2.75, 3.05) is 5.32 Å². The van der Waals surface area contributed by atoms with E-state index >= 15 is 0 Å². The predicted molar refractivity (Wildman–Crippen MR) is 83.7 cm³/mol. The third-order valence-electron chi connectivity index (χ3n) is 3.61. The first-order valence-electron chi connectivity index (χ1n) is 6.97. The molecule has 0 fully saturated rings. The molecule has 0 unspecified atom stereocenters. The molecule has 4 rings (SSSR count). The van der Waals surface area contributed by atoms with Crippen LogP contribution < -0.4 is 5.32 Å². The molecule has 1 amide bonds. The third-order valence-corrected chi connectivity index (χ3v) is 3.61. The van der Waals surface area contributed by atoms with Crippen LogP contribution in [0.2, 0.25) is 0 Å². The number of H-pyrrole nitrogens is 1. The molecule has 0 atom stereocenters.